The minimum Gasteiger partial charge on any atom is -0.465 e. The van der Waals surface area contributed by atoms with Gasteiger partial charge in [0, 0.05) is 12.8 Å². The molecular weight excluding hydrogens is 370 g/mol. The van der Waals surface area contributed by atoms with E-state index in [-0.39, 0.29) is 5.56 Å². The predicted molar refractivity (Wildman–Crippen MR) is 102 cm³/mol. The molecule has 1 aliphatic rings. The highest BCUT2D eigenvalue weighted by molar-refractivity contribution is 7.20. The van der Waals surface area contributed by atoms with Crippen molar-refractivity contribution in [3.05, 3.63) is 49.0 Å². The van der Waals surface area contributed by atoms with E-state index in [0.29, 0.717) is 39.1 Å². The summed E-state index contributed by atoms with van der Waals surface area (Å²) in [6.45, 7) is 3.51. The van der Waals surface area contributed by atoms with Crippen LogP contribution in [0.25, 0.3) is 10.2 Å². The number of nitrogens with one attached hydrogen (secondary N) is 2. The van der Waals surface area contributed by atoms with Crippen LogP contribution in [0.5, 0.6) is 0 Å². The first kappa shape index (κ1) is 17.4. The van der Waals surface area contributed by atoms with E-state index in [2.05, 4.69) is 27.5 Å². The number of quaternary nitrogens is 1. The summed E-state index contributed by atoms with van der Waals surface area (Å²) in [5.74, 6) is 0.257. The molecule has 1 fully saturated rings. The number of H-pyrrole nitrogens is 1. The molecule has 2 N–H and O–H groups in total. The third-order valence-corrected chi connectivity index (χ3v) is 7.14. The van der Waals surface area contributed by atoms with Crippen LogP contribution in [0.2, 0.25) is 0 Å². The van der Waals surface area contributed by atoms with Crippen LogP contribution in [-0.2, 0) is 11.3 Å². The van der Waals surface area contributed by atoms with Gasteiger partial charge in [-0.3, -0.25) is 4.79 Å². The highest BCUT2D eigenvalue weighted by Gasteiger charge is 2.31. The Morgan fingerprint density at radius 3 is 3.08 bits per heavy atom. The molecule has 0 spiro atoms. The first-order chi connectivity index (χ1) is 12.6. The van der Waals surface area contributed by atoms with E-state index in [0.717, 1.165) is 13.0 Å². The van der Waals surface area contributed by atoms with Gasteiger partial charge < -0.3 is 14.6 Å². The van der Waals surface area contributed by atoms with Gasteiger partial charge in [0.1, 0.15) is 22.3 Å². The number of aromatic amines is 1. The fourth-order valence-electron chi connectivity index (χ4n) is 3.73. The topological polar surface area (TPSA) is 76.5 Å². The highest BCUT2D eigenvalue weighted by Crippen LogP contribution is 2.28. The first-order valence-corrected chi connectivity index (χ1v) is 10.3. The molecule has 3 aromatic rings. The zero-order valence-corrected chi connectivity index (χ0v) is 16.3. The highest BCUT2D eigenvalue weighted by atomic mass is 32.1. The summed E-state index contributed by atoms with van der Waals surface area (Å²) in [6.07, 6.45) is 2.34. The van der Waals surface area contributed by atoms with Crippen LogP contribution in [0.1, 0.15) is 44.8 Å². The third kappa shape index (κ3) is 2.98. The van der Waals surface area contributed by atoms with Gasteiger partial charge in [-0.2, -0.15) is 0 Å². The Balaban J connectivity index is 1.67. The second kappa shape index (κ2) is 6.94. The Morgan fingerprint density at radius 2 is 2.35 bits per heavy atom. The molecule has 1 unspecified atom stereocenters. The molecule has 4 rings (SSSR count). The van der Waals surface area contributed by atoms with Gasteiger partial charge in [-0.1, -0.05) is 6.07 Å². The fourth-order valence-corrected chi connectivity index (χ4v) is 5.77. The Bertz CT molecular complexity index is 1010. The summed E-state index contributed by atoms with van der Waals surface area (Å²) in [5.41, 5.74) is 0.460. The fraction of sp³-hybridized carbons (Fsp3) is 0.389. The average molecular weight is 391 g/mol. The molecule has 0 amide bonds. The van der Waals surface area contributed by atoms with Crippen molar-refractivity contribution in [3.63, 3.8) is 0 Å². The number of fused-ring (bicyclic) bond motifs is 1. The van der Waals surface area contributed by atoms with Gasteiger partial charge in [0.15, 0.2) is 5.82 Å². The van der Waals surface area contributed by atoms with Crippen molar-refractivity contribution in [3.8, 4) is 0 Å². The molecule has 2 atom stereocenters. The molecular formula is C18H20N3O3S2+. The van der Waals surface area contributed by atoms with E-state index < -0.39 is 5.97 Å². The van der Waals surface area contributed by atoms with Crippen LogP contribution in [0, 0.1) is 6.92 Å². The number of hydrogen-bond donors (Lipinski definition) is 2. The van der Waals surface area contributed by atoms with E-state index in [9.17, 15) is 9.59 Å². The maximum atomic E-state index is 12.6. The number of carbonyl (C=O) groups is 1. The molecule has 0 aliphatic carbocycles. The largest absolute Gasteiger partial charge is 0.465 e. The van der Waals surface area contributed by atoms with E-state index >= 15 is 0 Å². The lowest BCUT2D eigenvalue weighted by Gasteiger charge is -2.19. The number of nitrogens with zero attached hydrogens (tertiary/aromatic N) is 1. The molecule has 0 saturated carbocycles. The number of methoxy groups -OCH3 is 1. The monoisotopic (exact) mass is 390 g/mol. The van der Waals surface area contributed by atoms with Crippen molar-refractivity contribution in [2.75, 3.05) is 13.7 Å². The summed E-state index contributed by atoms with van der Waals surface area (Å²) >= 11 is 3.02. The van der Waals surface area contributed by atoms with Gasteiger partial charge in [-0.05, 0) is 23.9 Å². The lowest BCUT2D eigenvalue weighted by Crippen LogP contribution is -3.09. The number of carbonyl (C=O) groups excluding carboxylic acids is 1. The van der Waals surface area contributed by atoms with E-state index in [1.807, 2.05) is 0 Å². The molecule has 6 nitrogen and oxygen atoms in total. The summed E-state index contributed by atoms with van der Waals surface area (Å²) in [6, 6.07) is 4.74. The lowest BCUT2D eigenvalue weighted by molar-refractivity contribution is -0.932. The van der Waals surface area contributed by atoms with Gasteiger partial charge in [0.2, 0.25) is 0 Å². The number of likely N-dealkylation sites (tertiary alicyclic amines) is 1. The Labute approximate surface area is 158 Å². The number of rotatable bonds is 4. The van der Waals surface area contributed by atoms with Gasteiger partial charge >= 0.3 is 5.97 Å². The minimum atomic E-state index is -0.422. The lowest BCUT2D eigenvalue weighted by atomic mass is 10.2. The number of aromatic nitrogens is 2. The average Bonchev–Trinajstić information content (AvgIpc) is 3.34. The Hall–Kier alpha value is -2.03. The third-order valence-electron chi connectivity index (χ3n) is 4.98. The number of thiophene rings is 2. The molecule has 3 aromatic heterocycles. The smallest absolute Gasteiger partial charge is 0.348 e. The molecule has 1 saturated heterocycles. The van der Waals surface area contributed by atoms with E-state index in [4.69, 9.17) is 4.74 Å². The number of esters is 1. The van der Waals surface area contributed by atoms with Crippen LogP contribution in [-0.4, -0.2) is 29.6 Å². The van der Waals surface area contributed by atoms with Gasteiger partial charge in [0.05, 0.1) is 23.9 Å². The second-order valence-corrected chi connectivity index (χ2v) is 8.51. The van der Waals surface area contributed by atoms with Crippen LogP contribution >= 0.6 is 22.7 Å². The first-order valence-electron chi connectivity index (χ1n) is 8.57. The Morgan fingerprint density at radius 1 is 1.50 bits per heavy atom. The van der Waals surface area contributed by atoms with Crippen LogP contribution in [0.3, 0.4) is 0 Å². The summed E-state index contributed by atoms with van der Waals surface area (Å²) < 4.78 is 4.81. The van der Waals surface area contributed by atoms with Crippen molar-refractivity contribution in [2.24, 2.45) is 0 Å². The van der Waals surface area contributed by atoms with Crippen molar-refractivity contribution in [2.45, 2.75) is 32.4 Å². The van der Waals surface area contributed by atoms with Gasteiger partial charge in [-0.25, -0.2) is 9.78 Å². The van der Waals surface area contributed by atoms with E-state index in [1.54, 1.807) is 18.3 Å². The minimum absolute atomic E-state index is 0.180. The molecule has 0 aromatic carbocycles. The normalized spacial score (nSPS) is 19.9. The van der Waals surface area contributed by atoms with Crippen molar-refractivity contribution in [1.82, 2.24) is 9.97 Å². The number of ether oxygens (including phenoxy) is 1. The van der Waals surface area contributed by atoms with Crippen LogP contribution in [0.15, 0.2) is 22.3 Å². The summed E-state index contributed by atoms with van der Waals surface area (Å²) in [4.78, 5) is 35.9. The molecule has 136 valence electrons. The van der Waals surface area contributed by atoms with Gasteiger partial charge in [0.25, 0.3) is 5.56 Å². The molecule has 4 heterocycles. The zero-order chi connectivity index (χ0) is 18.3. The van der Waals surface area contributed by atoms with Crippen LogP contribution in [0.4, 0.5) is 0 Å². The molecule has 0 bridgehead atoms. The number of hydrogen-bond acceptors (Lipinski definition) is 6. The maximum absolute atomic E-state index is 12.6. The van der Waals surface area contributed by atoms with Crippen molar-refractivity contribution >= 4 is 38.9 Å². The SMILES string of the molecule is COC(=O)c1sc2nc(C[NH+]3CCC[C@@H]3c3cccs3)[nH]c(=O)c2c1C. The molecule has 26 heavy (non-hydrogen) atoms. The summed E-state index contributed by atoms with van der Waals surface area (Å²) in [5, 5.41) is 2.60. The van der Waals surface area contributed by atoms with Crippen molar-refractivity contribution in [1.29, 1.82) is 0 Å². The van der Waals surface area contributed by atoms with Crippen molar-refractivity contribution < 1.29 is 14.4 Å². The Kier molecular flexibility index (Phi) is 4.64. The number of aryl methyl sites for hydroxylation is 1. The van der Waals surface area contributed by atoms with Gasteiger partial charge in [-0.15, -0.1) is 22.7 Å². The maximum Gasteiger partial charge on any atom is 0.348 e. The van der Waals surface area contributed by atoms with Crippen LogP contribution < -0.4 is 10.5 Å². The predicted octanol–water partition coefficient (Wildman–Crippen LogP) is 2.06. The molecule has 0 radical (unpaired) electrons. The zero-order valence-electron chi connectivity index (χ0n) is 14.6. The standard InChI is InChI=1S/C18H19N3O3S2/c1-10-14-16(22)19-13(20-17(14)26-15(10)18(23)24-2)9-21-7-3-5-11(21)12-6-4-8-25-12/h4,6,8,11H,3,5,7,9H2,1-2H3,(H,19,20,22)/p+1/t11-/m1/s1. The quantitative estimate of drug-likeness (QED) is 0.669. The second-order valence-electron chi connectivity index (χ2n) is 6.54. The summed E-state index contributed by atoms with van der Waals surface area (Å²) in [7, 11) is 1.34. The molecule has 1 aliphatic heterocycles. The van der Waals surface area contributed by atoms with E-state index in [1.165, 1.54) is 34.6 Å². The molecule has 8 heteroatoms.